The van der Waals surface area contributed by atoms with Crippen molar-refractivity contribution in [3.05, 3.63) is 16.1 Å². The van der Waals surface area contributed by atoms with Gasteiger partial charge in [-0.15, -0.1) is 11.3 Å². The minimum absolute atomic E-state index is 0.357. The molecule has 0 aromatic carbocycles. The minimum Gasteiger partial charge on any atom is -0.461 e. The maximum absolute atomic E-state index is 11.5. The van der Waals surface area contributed by atoms with Gasteiger partial charge in [-0.2, -0.15) is 0 Å². The van der Waals surface area contributed by atoms with Crippen molar-refractivity contribution in [2.24, 2.45) is 0 Å². The van der Waals surface area contributed by atoms with Crippen LogP contribution in [-0.2, 0) is 11.3 Å². The van der Waals surface area contributed by atoms with E-state index >= 15 is 0 Å². The number of aliphatic hydroxyl groups is 1. The summed E-state index contributed by atoms with van der Waals surface area (Å²) in [6, 6.07) is 0. The van der Waals surface area contributed by atoms with Gasteiger partial charge < -0.3 is 9.84 Å². The van der Waals surface area contributed by atoms with Crippen LogP contribution in [0.4, 0.5) is 0 Å². The Bertz CT molecular complexity index is 445. The van der Waals surface area contributed by atoms with Crippen molar-refractivity contribution in [2.75, 3.05) is 19.7 Å². The first-order valence-corrected chi connectivity index (χ1v) is 7.44. The SMILES string of the molecule is CCOC(=O)c1nc(CN2CCCC(C)(O)C2)cs1. The van der Waals surface area contributed by atoms with Crippen LogP contribution in [-0.4, -0.2) is 46.3 Å². The maximum Gasteiger partial charge on any atom is 0.367 e. The van der Waals surface area contributed by atoms with Gasteiger partial charge in [0.2, 0.25) is 5.01 Å². The average Bonchev–Trinajstić information content (AvgIpc) is 2.76. The van der Waals surface area contributed by atoms with E-state index in [9.17, 15) is 9.90 Å². The Kier molecular flexibility index (Phi) is 4.54. The molecule has 1 atom stereocenters. The van der Waals surface area contributed by atoms with Gasteiger partial charge in [-0.05, 0) is 33.2 Å². The molecule has 0 saturated carbocycles. The number of thiazole rings is 1. The number of likely N-dealkylation sites (tertiary alicyclic amines) is 1. The molecule has 1 aromatic heterocycles. The molecule has 2 rings (SSSR count). The smallest absolute Gasteiger partial charge is 0.367 e. The van der Waals surface area contributed by atoms with E-state index in [4.69, 9.17) is 4.74 Å². The monoisotopic (exact) mass is 284 g/mol. The normalized spacial score (nSPS) is 24.4. The van der Waals surface area contributed by atoms with Gasteiger partial charge in [0.05, 0.1) is 17.9 Å². The molecular formula is C13H20N2O3S. The predicted molar refractivity (Wildman–Crippen MR) is 73.2 cm³/mol. The van der Waals surface area contributed by atoms with Crippen LogP contribution in [0.15, 0.2) is 5.38 Å². The highest BCUT2D eigenvalue weighted by Crippen LogP contribution is 2.22. The fraction of sp³-hybridized carbons (Fsp3) is 0.692. The third-order valence-corrected chi connectivity index (χ3v) is 4.01. The summed E-state index contributed by atoms with van der Waals surface area (Å²) in [6.45, 7) is 6.29. The zero-order valence-corrected chi connectivity index (χ0v) is 12.2. The summed E-state index contributed by atoms with van der Waals surface area (Å²) in [4.78, 5) is 18.0. The Morgan fingerprint density at radius 3 is 3.16 bits per heavy atom. The number of rotatable bonds is 4. The molecule has 1 N–H and O–H groups in total. The van der Waals surface area contributed by atoms with Crippen LogP contribution in [0, 0.1) is 0 Å². The summed E-state index contributed by atoms with van der Waals surface area (Å²) in [6.07, 6.45) is 1.83. The number of β-amino-alcohol motifs (C(OH)–C–C–N with tert-alkyl or cyclic N) is 1. The highest BCUT2D eigenvalue weighted by molar-refractivity contribution is 7.11. The number of nitrogens with zero attached hydrogens (tertiary/aromatic N) is 2. The third-order valence-electron chi connectivity index (χ3n) is 3.14. The van der Waals surface area contributed by atoms with Crippen molar-refractivity contribution in [2.45, 2.75) is 38.8 Å². The maximum atomic E-state index is 11.5. The molecule has 0 radical (unpaired) electrons. The fourth-order valence-corrected chi connectivity index (χ4v) is 3.05. The molecular weight excluding hydrogens is 264 g/mol. The molecule has 1 saturated heterocycles. The number of hydrogen-bond donors (Lipinski definition) is 1. The lowest BCUT2D eigenvalue weighted by Gasteiger charge is -2.36. The van der Waals surface area contributed by atoms with E-state index in [0.717, 1.165) is 25.1 Å². The van der Waals surface area contributed by atoms with Crippen LogP contribution >= 0.6 is 11.3 Å². The summed E-state index contributed by atoms with van der Waals surface area (Å²) >= 11 is 1.31. The molecule has 1 aliphatic rings. The van der Waals surface area contributed by atoms with Crippen molar-refractivity contribution in [3.8, 4) is 0 Å². The number of ether oxygens (including phenoxy) is 1. The zero-order valence-electron chi connectivity index (χ0n) is 11.4. The standard InChI is InChI=1S/C13H20N2O3S/c1-3-18-12(16)11-14-10(8-19-11)7-15-6-4-5-13(2,17)9-15/h8,17H,3-7,9H2,1-2H3. The number of hydrogen-bond acceptors (Lipinski definition) is 6. The lowest BCUT2D eigenvalue weighted by molar-refractivity contribution is -0.0184. The Hall–Kier alpha value is -0.980. The molecule has 106 valence electrons. The van der Waals surface area contributed by atoms with Crippen LogP contribution in [0.2, 0.25) is 0 Å². The molecule has 1 unspecified atom stereocenters. The molecule has 6 heteroatoms. The zero-order chi connectivity index (χ0) is 13.9. The van der Waals surface area contributed by atoms with Gasteiger partial charge in [-0.3, -0.25) is 4.90 Å². The van der Waals surface area contributed by atoms with Crippen LogP contribution in [0.3, 0.4) is 0 Å². The van der Waals surface area contributed by atoms with Gasteiger partial charge in [0.1, 0.15) is 0 Å². The van der Waals surface area contributed by atoms with E-state index in [0.29, 0.717) is 24.7 Å². The van der Waals surface area contributed by atoms with Gasteiger partial charge in [-0.25, -0.2) is 9.78 Å². The third kappa shape index (κ3) is 3.99. The number of carbonyl (C=O) groups excluding carboxylic acids is 1. The average molecular weight is 284 g/mol. The summed E-state index contributed by atoms with van der Waals surface area (Å²) in [5.41, 5.74) is 0.254. The van der Waals surface area contributed by atoms with E-state index in [1.54, 1.807) is 6.92 Å². The minimum atomic E-state index is -0.613. The van der Waals surface area contributed by atoms with Gasteiger partial charge >= 0.3 is 5.97 Å². The molecule has 19 heavy (non-hydrogen) atoms. The van der Waals surface area contributed by atoms with E-state index in [1.807, 2.05) is 12.3 Å². The highest BCUT2D eigenvalue weighted by atomic mass is 32.1. The van der Waals surface area contributed by atoms with Crippen molar-refractivity contribution in [3.63, 3.8) is 0 Å². The molecule has 1 aromatic rings. The van der Waals surface area contributed by atoms with Gasteiger partial charge in [-0.1, -0.05) is 0 Å². The molecule has 0 amide bonds. The molecule has 0 bridgehead atoms. The fourth-order valence-electron chi connectivity index (χ4n) is 2.35. The first kappa shape index (κ1) is 14.4. The van der Waals surface area contributed by atoms with Gasteiger partial charge in [0.15, 0.2) is 0 Å². The van der Waals surface area contributed by atoms with Crippen molar-refractivity contribution < 1.29 is 14.6 Å². The lowest BCUT2D eigenvalue weighted by atomic mass is 9.95. The van der Waals surface area contributed by atoms with E-state index in [1.165, 1.54) is 11.3 Å². The number of esters is 1. The van der Waals surface area contributed by atoms with E-state index < -0.39 is 5.60 Å². The van der Waals surface area contributed by atoms with Crippen molar-refractivity contribution in [1.29, 1.82) is 0 Å². The van der Waals surface area contributed by atoms with Gasteiger partial charge in [0, 0.05) is 18.5 Å². The Morgan fingerprint density at radius 2 is 2.47 bits per heavy atom. The number of piperidine rings is 1. The largest absolute Gasteiger partial charge is 0.461 e. The molecule has 1 fully saturated rings. The topological polar surface area (TPSA) is 62.7 Å². The number of carbonyl (C=O) groups is 1. The quantitative estimate of drug-likeness (QED) is 0.852. The molecule has 1 aliphatic heterocycles. The van der Waals surface area contributed by atoms with Crippen LogP contribution in [0.25, 0.3) is 0 Å². The van der Waals surface area contributed by atoms with Gasteiger partial charge in [0.25, 0.3) is 0 Å². The summed E-state index contributed by atoms with van der Waals surface area (Å²) in [5, 5.41) is 12.3. The second-order valence-corrected chi connectivity index (χ2v) is 6.03. The van der Waals surface area contributed by atoms with Crippen LogP contribution in [0.1, 0.15) is 42.2 Å². The van der Waals surface area contributed by atoms with Crippen LogP contribution in [0.5, 0.6) is 0 Å². The Morgan fingerprint density at radius 1 is 1.68 bits per heavy atom. The number of aromatic nitrogens is 1. The Labute approximate surface area is 117 Å². The molecule has 0 spiro atoms. The summed E-state index contributed by atoms with van der Waals surface area (Å²) < 4.78 is 4.92. The molecule has 5 nitrogen and oxygen atoms in total. The van der Waals surface area contributed by atoms with E-state index in [2.05, 4.69) is 9.88 Å². The second-order valence-electron chi connectivity index (χ2n) is 5.18. The first-order valence-electron chi connectivity index (χ1n) is 6.56. The highest BCUT2D eigenvalue weighted by Gasteiger charge is 2.28. The lowest BCUT2D eigenvalue weighted by Crippen LogP contribution is -2.45. The van der Waals surface area contributed by atoms with Crippen molar-refractivity contribution >= 4 is 17.3 Å². The predicted octanol–water partition coefficient (Wildman–Crippen LogP) is 1.67. The summed E-state index contributed by atoms with van der Waals surface area (Å²) in [5.74, 6) is -0.357. The van der Waals surface area contributed by atoms with E-state index in [-0.39, 0.29) is 5.97 Å². The summed E-state index contributed by atoms with van der Waals surface area (Å²) in [7, 11) is 0. The van der Waals surface area contributed by atoms with Crippen molar-refractivity contribution in [1.82, 2.24) is 9.88 Å². The molecule has 2 heterocycles. The molecule has 0 aliphatic carbocycles. The Balaban J connectivity index is 1.94. The second kappa shape index (κ2) is 5.98. The first-order chi connectivity index (χ1) is 9.00. The van der Waals surface area contributed by atoms with Crippen LogP contribution < -0.4 is 0 Å².